The molecule has 2 heterocycles. The van der Waals surface area contributed by atoms with Crippen LogP contribution >= 0.6 is 0 Å². The molecule has 2 aliphatic rings. The van der Waals surface area contributed by atoms with Crippen LogP contribution in [0.25, 0.3) is 0 Å². The summed E-state index contributed by atoms with van der Waals surface area (Å²) in [6.45, 7) is 0.916. The number of anilines is 2. The van der Waals surface area contributed by atoms with Gasteiger partial charge in [-0.05, 0) is 55.4 Å². The number of para-hydroxylation sites is 1. The van der Waals surface area contributed by atoms with Crippen molar-refractivity contribution >= 4 is 11.5 Å². The van der Waals surface area contributed by atoms with E-state index in [-0.39, 0.29) is 0 Å². The standard InChI is InChI=1S/C18H17N3/c19-12-15-11-14-6-1-3-7-16(14)20-18(15)21-10-9-13-5-2-4-8-17(13)21/h2,4-5,8,11H,1,3,6-7,9-10H2. The molecule has 0 saturated heterocycles. The molecular weight excluding hydrogens is 258 g/mol. The highest BCUT2D eigenvalue weighted by atomic mass is 15.2. The maximum Gasteiger partial charge on any atom is 0.151 e. The predicted octanol–water partition coefficient (Wildman–Crippen LogP) is 3.53. The van der Waals surface area contributed by atoms with E-state index < -0.39 is 0 Å². The Kier molecular flexibility index (Phi) is 2.89. The van der Waals surface area contributed by atoms with E-state index in [1.54, 1.807) is 0 Å². The van der Waals surface area contributed by atoms with Gasteiger partial charge < -0.3 is 4.90 Å². The van der Waals surface area contributed by atoms with Crippen molar-refractivity contribution < 1.29 is 0 Å². The molecule has 1 aromatic carbocycles. The first-order valence-electron chi connectivity index (χ1n) is 7.65. The zero-order valence-corrected chi connectivity index (χ0v) is 12.0. The molecule has 1 aliphatic carbocycles. The summed E-state index contributed by atoms with van der Waals surface area (Å²) in [6, 6.07) is 12.8. The number of nitriles is 1. The summed E-state index contributed by atoms with van der Waals surface area (Å²) >= 11 is 0. The highest BCUT2D eigenvalue weighted by Crippen LogP contribution is 2.36. The smallest absolute Gasteiger partial charge is 0.151 e. The van der Waals surface area contributed by atoms with E-state index >= 15 is 0 Å². The van der Waals surface area contributed by atoms with Gasteiger partial charge in [-0.25, -0.2) is 4.98 Å². The number of hydrogen-bond acceptors (Lipinski definition) is 3. The molecule has 0 saturated carbocycles. The Balaban J connectivity index is 1.84. The number of rotatable bonds is 1. The van der Waals surface area contributed by atoms with Gasteiger partial charge in [0.15, 0.2) is 5.82 Å². The zero-order chi connectivity index (χ0) is 14.2. The lowest BCUT2D eigenvalue weighted by Gasteiger charge is -2.23. The second kappa shape index (κ2) is 4.89. The highest BCUT2D eigenvalue weighted by Gasteiger charge is 2.25. The van der Waals surface area contributed by atoms with Crippen LogP contribution in [0.2, 0.25) is 0 Å². The van der Waals surface area contributed by atoms with Gasteiger partial charge in [-0.1, -0.05) is 18.2 Å². The Bertz CT molecular complexity index is 743. The van der Waals surface area contributed by atoms with E-state index in [2.05, 4.69) is 41.3 Å². The molecular formula is C18H17N3. The minimum Gasteiger partial charge on any atom is -0.325 e. The van der Waals surface area contributed by atoms with Crippen LogP contribution in [0.3, 0.4) is 0 Å². The first-order chi connectivity index (χ1) is 10.4. The van der Waals surface area contributed by atoms with Crippen LogP contribution in [-0.2, 0) is 19.3 Å². The van der Waals surface area contributed by atoms with Gasteiger partial charge >= 0.3 is 0 Å². The fourth-order valence-electron chi connectivity index (χ4n) is 3.47. The van der Waals surface area contributed by atoms with Crippen LogP contribution in [0.4, 0.5) is 11.5 Å². The average Bonchev–Trinajstić information content (AvgIpc) is 2.97. The molecule has 2 aromatic rings. The number of aromatic nitrogens is 1. The largest absolute Gasteiger partial charge is 0.325 e. The Labute approximate surface area is 124 Å². The molecule has 0 fully saturated rings. The van der Waals surface area contributed by atoms with Gasteiger partial charge in [0.05, 0.1) is 5.56 Å². The van der Waals surface area contributed by atoms with Gasteiger partial charge in [0.2, 0.25) is 0 Å². The number of nitrogens with zero attached hydrogens (tertiary/aromatic N) is 3. The van der Waals surface area contributed by atoms with Crippen molar-refractivity contribution in [3.05, 3.63) is 52.7 Å². The number of hydrogen-bond donors (Lipinski definition) is 0. The molecule has 104 valence electrons. The first kappa shape index (κ1) is 12.4. The van der Waals surface area contributed by atoms with E-state index in [9.17, 15) is 5.26 Å². The topological polar surface area (TPSA) is 39.9 Å². The average molecular weight is 275 g/mol. The summed E-state index contributed by atoms with van der Waals surface area (Å²) in [6.07, 6.45) is 5.56. The Morgan fingerprint density at radius 3 is 2.81 bits per heavy atom. The second-order valence-corrected chi connectivity index (χ2v) is 5.81. The molecule has 0 spiro atoms. The van der Waals surface area contributed by atoms with Crippen LogP contribution in [0.15, 0.2) is 30.3 Å². The van der Waals surface area contributed by atoms with Crippen molar-refractivity contribution in [2.24, 2.45) is 0 Å². The van der Waals surface area contributed by atoms with Crippen LogP contribution < -0.4 is 4.90 Å². The minimum atomic E-state index is 0.715. The third kappa shape index (κ3) is 1.99. The van der Waals surface area contributed by atoms with E-state index in [1.165, 1.54) is 35.3 Å². The van der Waals surface area contributed by atoms with E-state index in [4.69, 9.17) is 4.98 Å². The summed E-state index contributed by atoms with van der Waals surface area (Å²) < 4.78 is 0. The van der Waals surface area contributed by atoms with Gasteiger partial charge in [0.1, 0.15) is 6.07 Å². The van der Waals surface area contributed by atoms with Crippen molar-refractivity contribution in [3.8, 4) is 6.07 Å². The summed E-state index contributed by atoms with van der Waals surface area (Å²) in [7, 11) is 0. The van der Waals surface area contributed by atoms with Crippen LogP contribution in [0.5, 0.6) is 0 Å². The molecule has 0 unspecified atom stereocenters. The Morgan fingerprint density at radius 1 is 1.05 bits per heavy atom. The first-order valence-corrected chi connectivity index (χ1v) is 7.65. The number of fused-ring (bicyclic) bond motifs is 2. The molecule has 0 atom stereocenters. The minimum absolute atomic E-state index is 0.715. The van der Waals surface area contributed by atoms with Gasteiger partial charge in [0.25, 0.3) is 0 Å². The maximum atomic E-state index is 9.51. The molecule has 0 radical (unpaired) electrons. The van der Waals surface area contributed by atoms with Crippen molar-refractivity contribution in [1.82, 2.24) is 4.98 Å². The maximum absolute atomic E-state index is 9.51. The van der Waals surface area contributed by atoms with E-state index in [0.29, 0.717) is 5.56 Å². The van der Waals surface area contributed by atoms with Gasteiger partial charge in [-0.3, -0.25) is 0 Å². The lowest BCUT2D eigenvalue weighted by atomic mass is 9.95. The summed E-state index contributed by atoms with van der Waals surface area (Å²) in [5.41, 5.74) is 5.74. The predicted molar refractivity (Wildman–Crippen MR) is 82.7 cm³/mol. The third-order valence-electron chi connectivity index (χ3n) is 4.54. The lowest BCUT2D eigenvalue weighted by Crippen LogP contribution is -2.18. The normalized spacial score (nSPS) is 16.2. The van der Waals surface area contributed by atoms with Crippen LogP contribution in [0, 0.1) is 11.3 Å². The molecule has 1 aromatic heterocycles. The van der Waals surface area contributed by atoms with E-state index in [1.807, 2.05) is 0 Å². The Morgan fingerprint density at radius 2 is 1.90 bits per heavy atom. The van der Waals surface area contributed by atoms with Gasteiger partial charge in [-0.2, -0.15) is 5.26 Å². The molecule has 4 rings (SSSR count). The molecule has 3 heteroatoms. The third-order valence-corrected chi connectivity index (χ3v) is 4.54. The lowest BCUT2D eigenvalue weighted by molar-refractivity contribution is 0.666. The molecule has 1 aliphatic heterocycles. The quantitative estimate of drug-likeness (QED) is 0.799. The number of benzene rings is 1. The summed E-state index contributed by atoms with van der Waals surface area (Å²) in [5.74, 6) is 0.850. The molecule has 0 bridgehead atoms. The molecule has 0 amide bonds. The van der Waals surface area contributed by atoms with Gasteiger partial charge in [0, 0.05) is 17.9 Å². The van der Waals surface area contributed by atoms with Crippen molar-refractivity contribution in [3.63, 3.8) is 0 Å². The fraction of sp³-hybridized carbons (Fsp3) is 0.333. The van der Waals surface area contributed by atoms with Crippen molar-refractivity contribution in [2.75, 3.05) is 11.4 Å². The summed E-state index contributed by atoms with van der Waals surface area (Å²) in [4.78, 5) is 7.08. The monoisotopic (exact) mass is 275 g/mol. The van der Waals surface area contributed by atoms with Crippen molar-refractivity contribution in [1.29, 1.82) is 5.26 Å². The van der Waals surface area contributed by atoms with Gasteiger partial charge in [-0.15, -0.1) is 0 Å². The zero-order valence-electron chi connectivity index (χ0n) is 12.0. The molecule has 0 N–H and O–H groups in total. The second-order valence-electron chi connectivity index (χ2n) is 5.81. The highest BCUT2D eigenvalue weighted by molar-refractivity contribution is 5.71. The van der Waals surface area contributed by atoms with Crippen LogP contribution in [0.1, 0.15) is 35.2 Å². The fourth-order valence-corrected chi connectivity index (χ4v) is 3.47. The number of aryl methyl sites for hydroxylation is 2. The van der Waals surface area contributed by atoms with E-state index in [0.717, 1.165) is 31.6 Å². The molecule has 21 heavy (non-hydrogen) atoms. The SMILES string of the molecule is N#Cc1cc2c(nc1N1CCc3ccccc31)CCCC2. The Hall–Kier alpha value is -2.34. The van der Waals surface area contributed by atoms with Crippen LogP contribution in [-0.4, -0.2) is 11.5 Å². The van der Waals surface area contributed by atoms with Crippen molar-refractivity contribution in [2.45, 2.75) is 32.1 Å². The number of pyridine rings is 1. The molecule has 3 nitrogen and oxygen atoms in total. The summed E-state index contributed by atoms with van der Waals surface area (Å²) in [5, 5.41) is 9.51.